The molecule has 0 bridgehead atoms. The van der Waals surface area contributed by atoms with Crippen molar-refractivity contribution >= 4 is 17.9 Å². The molecule has 0 radical (unpaired) electrons. The molecule has 9 atom stereocenters. The van der Waals surface area contributed by atoms with Crippen molar-refractivity contribution in [2.45, 2.75) is 139 Å². The molecule has 0 unspecified atom stereocenters. The fourth-order valence-electron chi connectivity index (χ4n) is 11.6. The molecule has 0 heterocycles. The van der Waals surface area contributed by atoms with Gasteiger partial charge in [0.1, 0.15) is 18.8 Å². The second-order valence-electron chi connectivity index (χ2n) is 17.0. The summed E-state index contributed by atoms with van der Waals surface area (Å²) in [4.78, 5) is 36.8. The predicted octanol–water partition coefficient (Wildman–Crippen LogP) is 7.82. The molecule has 0 aromatic carbocycles. The van der Waals surface area contributed by atoms with Crippen LogP contribution in [-0.2, 0) is 28.6 Å². The number of fused-ring (bicyclic) bond motifs is 7. The average molecular weight is 585 g/mol. The number of rotatable bonds is 4. The second-order valence-corrected chi connectivity index (χ2v) is 17.0. The van der Waals surface area contributed by atoms with Crippen LogP contribution in [0.25, 0.3) is 0 Å². The SMILES string of the molecule is CC(=O)OC[C@]12CCC(C)(C)C[C@H]1C1=CC[C@@H]3[C@@]4(C)CC[C@H](OC(C)=O)C(C)(C)[C@@H]4CC[C@@]3(C)[C@]1(C)C[C@@H]2OC(C)=O. The second kappa shape index (κ2) is 10.1. The highest BCUT2D eigenvalue weighted by Gasteiger charge is 2.70. The molecule has 6 heteroatoms. The Balaban J connectivity index is 1.60. The molecule has 0 aromatic heterocycles. The maximum atomic E-state index is 12.7. The van der Waals surface area contributed by atoms with Crippen LogP contribution in [0.15, 0.2) is 11.6 Å². The van der Waals surface area contributed by atoms with E-state index in [0.29, 0.717) is 18.4 Å². The molecule has 0 saturated heterocycles. The lowest BCUT2D eigenvalue weighted by atomic mass is 9.33. The van der Waals surface area contributed by atoms with Gasteiger partial charge in [-0.05, 0) is 97.2 Å². The fraction of sp³-hybridized carbons (Fsp3) is 0.861. The van der Waals surface area contributed by atoms with E-state index >= 15 is 0 Å². The molecule has 42 heavy (non-hydrogen) atoms. The van der Waals surface area contributed by atoms with Gasteiger partial charge in [0.15, 0.2) is 0 Å². The van der Waals surface area contributed by atoms with Crippen molar-refractivity contribution < 1.29 is 28.6 Å². The summed E-state index contributed by atoms with van der Waals surface area (Å²) in [6.45, 7) is 21.7. The molecule has 4 fully saturated rings. The molecule has 5 aliphatic carbocycles. The first-order chi connectivity index (χ1) is 19.3. The van der Waals surface area contributed by atoms with E-state index in [0.717, 1.165) is 57.8 Å². The molecule has 5 rings (SSSR count). The van der Waals surface area contributed by atoms with Crippen LogP contribution in [0.2, 0.25) is 0 Å². The van der Waals surface area contributed by atoms with Gasteiger partial charge in [-0.25, -0.2) is 0 Å². The van der Waals surface area contributed by atoms with E-state index in [-0.39, 0.29) is 63.1 Å². The van der Waals surface area contributed by atoms with Crippen LogP contribution >= 0.6 is 0 Å². The van der Waals surface area contributed by atoms with Gasteiger partial charge < -0.3 is 14.2 Å². The van der Waals surface area contributed by atoms with E-state index in [2.05, 4.69) is 54.5 Å². The zero-order valence-electron chi connectivity index (χ0n) is 28.0. The van der Waals surface area contributed by atoms with Gasteiger partial charge in [-0.2, -0.15) is 0 Å². The van der Waals surface area contributed by atoms with Crippen molar-refractivity contribution in [2.24, 2.45) is 50.2 Å². The first-order valence-corrected chi connectivity index (χ1v) is 16.5. The van der Waals surface area contributed by atoms with Crippen molar-refractivity contribution in [3.05, 3.63) is 11.6 Å². The summed E-state index contributed by atoms with van der Waals surface area (Å²) >= 11 is 0. The lowest BCUT2D eigenvalue weighted by molar-refractivity contribution is -0.228. The molecule has 0 spiro atoms. The molecule has 0 N–H and O–H groups in total. The molecule has 4 saturated carbocycles. The van der Waals surface area contributed by atoms with Crippen molar-refractivity contribution in [1.82, 2.24) is 0 Å². The highest BCUT2D eigenvalue weighted by molar-refractivity contribution is 5.67. The van der Waals surface area contributed by atoms with Crippen molar-refractivity contribution in [1.29, 1.82) is 0 Å². The minimum Gasteiger partial charge on any atom is -0.465 e. The van der Waals surface area contributed by atoms with Gasteiger partial charge in [0.05, 0.1) is 0 Å². The van der Waals surface area contributed by atoms with Crippen molar-refractivity contribution in [3.8, 4) is 0 Å². The molecular formula is C36H56O6. The smallest absolute Gasteiger partial charge is 0.302 e. The Kier molecular flexibility index (Phi) is 7.58. The highest BCUT2D eigenvalue weighted by atomic mass is 16.6. The molecule has 0 aromatic rings. The summed E-state index contributed by atoms with van der Waals surface area (Å²) < 4.78 is 18.0. The van der Waals surface area contributed by atoms with E-state index < -0.39 is 5.41 Å². The van der Waals surface area contributed by atoms with Crippen LogP contribution in [0.1, 0.15) is 127 Å². The molecule has 0 amide bonds. The first-order valence-electron chi connectivity index (χ1n) is 16.5. The van der Waals surface area contributed by atoms with Crippen LogP contribution < -0.4 is 0 Å². The van der Waals surface area contributed by atoms with Crippen LogP contribution in [0, 0.1) is 50.2 Å². The van der Waals surface area contributed by atoms with Gasteiger partial charge in [-0.15, -0.1) is 0 Å². The zero-order valence-corrected chi connectivity index (χ0v) is 28.0. The monoisotopic (exact) mass is 584 g/mol. The molecule has 6 nitrogen and oxygen atoms in total. The Morgan fingerprint density at radius 1 is 0.762 bits per heavy atom. The number of ether oxygens (including phenoxy) is 3. The maximum Gasteiger partial charge on any atom is 0.302 e. The summed E-state index contributed by atoms with van der Waals surface area (Å²) in [6.07, 6.45) is 11.1. The number of carbonyl (C=O) groups excluding carboxylic acids is 3. The average Bonchev–Trinajstić information content (AvgIpc) is 2.85. The number of carbonyl (C=O) groups is 3. The fourth-order valence-corrected chi connectivity index (χ4v) is 11.6. The van der Waals surface area contributed by atoms with Gasteiger partial charge in [0.2, 0.25) is 0 Å². The van der Waals surface area contributed by atoms with Crippen molar-refractivity contribution in [3.63, 3.8) is 0 Å². The largest absolute Gasteiger partial charge is 0.465 e. The minimum absolute atomic E-state index is 0.0280. The summed E-state index contributed by atoms with van der Waals surface area (Å²) in [7, 11) is 0. The third-order valence-electron chi connectivity index (χ3n) is 13.9. The Labute approximate surface area is 254 Å². The summed E-state index contributed by atoms with van der Waals surface area (Å²) in [5.74, 6) is 0.436. The third-order valence-corrected chi connectivity index (χ3v) is 13.9. The van der Waals surface area contributed by atoms with E-state index in [1.165, 1.54) is 26.3 Å². The number of hydrogen-bond donors (Lipinski definition) is 0. The summed E-state index contributed by atoms with van der Waals surface area (Å²) in [5, 5.41) is 0. The summed E-state index contributed by atoms with van der Waals surface area (Å²) in [6, 6.07) is 0. The molecule has 0 aliphatic heterocycles. The normalized spacial score (nSPS) is 45.1. The molecular weight excluding hydrogens is 528 g/mol. The third kappa shape index (κ3) is 4.59. The van der Waals surface area contributed by atoms with Gasteiger partial charge in [0.25, 0.3) is 0 Å². The van der Waals surface area contributed by atoms with Crippen LogP contribution in [0.5, 0.6) is 0 Å². The Bertz CT molecular complexity index is 1170. The minimum atomic E-state index is -0.396. The first kappa shape index (κ1) is 31.6. The number of hydrogen-bond acceptors (Lipinski definition) is 6. The number of esters is 3. The maximum absolute atomic E-state index is 12.7. The van der Waals surface area contributed by atoms with E-state index in [1.807, 2.05) is 0 Å². The molecule has 5 aliphatic rings. The Morgan fingerprint density at radius 2 is 1.40 bits per heavy atom. The Morgan fingerprint density at radius 3 is 2.02 bits per heavy atom. The standard InChI is InChI=1S/C36H56O6/c1-22(37)40-21-36-18-17-31(4,5)19-26(36)25-11-12-28-33(8)15-14-29(41-23(2)38)32(6,7)27(33)13-16-34(28,9)35(25,10)20-30(36)42-24(3)39/h11,26-30H,12-21H2,1-10H3/t26-,27-,28+,29-,30-,33-,34+,35+,36+/m0/s1. The highest BCUT2D eigenvalue weighted by Crippen LogP contribution is 2.76. The zero-order chi connectivity index (χ0) is 31.1. The van der Waals surface area contributed by atoms with Crippen LogP contribution in [0.4, 0.5) is 0 Å². The van der Waals surface area contributed by atoms with Gasteiger partial charge in [0, 0.05) is 31.6 Å². The predicted molar refractivity (Wildman–Crippen MR) is 162 cm³/mol. The van der Waals surface area contributed by atoms with E-state index in [4.69, 9.17) is 14.2 Å². The van der Waals surface area contributed by atoms with Crippen molar-refractivity contribution in [2.75, 3.05) is 6.61 Å². The van der Waals surface area contributed by atoms with E-state index in [9.17, 15) is 14.4 Å². The lowest BCUT2D eigenvalue weighted by Gasteiger charge is -2.72. The summed E-state index contributed by atoms with van der Waals surface area (Å²) in [5.41, 5.74) is 1.20. The molecule has 236 valence electrons. The number of allylic oxidation sites excluding steroid dienone is 2. The topological polar surface area (TPSA) is 78.9 Å². The van der Waals surface area contributed by atoms with Gasteiger partial charge in [-0.1, -0.05) is 60.1 Å². The Hall–Kier alpha value is -1.85. The quantitative estimate of drug-likeness (QED) is 0.190. The lowest BCUT2D eigenvalue weighted by Crippen LogP contribution is -2.67. The van der Waals surface area contributed by atoms with Gasteiger partial charge >= 0.3 is 17.9 Å². The van der Waals surface area contributed by atoms with Crippen LogP contribution in [0.3, 0.4) is 0 Å². The van der Waals surface area contributed by atoms with E-state index in [1.54, 1.807) is 0 Å². The van der Waals surface area contributed by atoms with Gasteiger partial charge in [-0.3, -0.25) is 14.4 Å². The van der Waals surface area contributed by atoms with Crippen LogP contribution in [-0.4, -0.2) is 36.7 Å².